The molecule has 2 heterocycles. The van der Waals surface area contributed by atoms with E-state index >= 15 is 0 Å². The normalized spacial score (nSPS) is 22.4. The average molecular weight is 375 g/mol. The Morgan fingerprint density at radius 2 is 2.00 bits per heavy atom. The molecular formula is C14H18N2O4S3. The molecular weight excluding hydrogens is 356 g/mol. The van der Waals surface area contributed by atoms with Gasteiger partial charge in [0, 0.05) is 11.7 Å². The highest BCUT2D eigenvalue weighted by Crippen LogP contribution is 2.31. The summed E-state index contributed by atoms with van der Waals surface area (Å²) in [4.78, 5) is 26.5. The third kappa shape index (κ3) is 3.56. The second-order valence-electron chi connectivity index (χ2n) is 5.71. The van der Waals surface area contributed by atoms with Crippen molar-refractivity contribution in [3.8, 4) is 0 Å². The first kappa shape index (κ1) is 16.8. The number of nitrogens with one attached hydrogen (secondary N) is 1. The van der Waals surface area contributed by atoms with E-state index in [0.717, 1.165) is 37.0 Å². The van der Waals surface area contributed by atoms with Crippen molar-refractivity contribution in [2.45, 2.75) is 35.9 Å². The van der Waals surface area contributed by atoms with Gasteiger partial charge in [-0.2, -0.15) is 0 Å². The molecule has 1 aromatic rings. The zero-order valence-electron chi connectivity index (χ0n) is 12.4. The first-order valence-electron chi connectivity index (χ1n) is 7.47. The fourth-order valence-electron chi connectivity index (χ4n) is 2.95. The van der Waals surface area contributed by atoms with Gasteiger partial charge in [0.25, 0.3) is 15.9 Å². The molecule has 126 valence electrons. The van der Waals surface area contributed by atoms with Gasteiger partial charge in [0.05, 0.1) is 5.88 Å². The van der Waals surface area contributed by atoms with Gasteiger partial charge in [-0.3, -0.25) is 9.59 Å². The number of carbonyl (C=O) groups is 2. The largest absolute Gasteiger partial charge is 0.320 e. The summed E-state index contributed by atoms with van der Waals surface area (Å²) in [6.45, 7) is 0. The van der Waals surface area contributed by atoms with Crippen LogP contribution in [0.3, 0.4) is 0 Å². The van der Waals surface area contributed by atoms with Gasteiger partial charge in [0.2, 0.25) is 5.91 Å². The molecule has 1 aromatic heterocycles. The van der Waals surface area contributed by atoms with Crippen LogP contribution < -0.4 is 4.72 Å². The van der Waals surface area contributed by atoms with E-state index in [1.807, 2.05) is 0 Å². The fourth-order valence-corrected chi connectivity index (χ4v) is 6.12. The molecule has 9 heteroatoms. The van der Waals surface area contributed by atoms with Crippen molar-refractivity contribution < 1.29 is 18.0 Å². The predicted octanol–water partition coefficient (Wildman–Crippen LogP) is 1.64. The molecule has 6 nitrogen and oxygen atoms in total. The topological polar surface area (TPSA) is 83.6 Å². The SMILES string of the molecule is O=C(NS(=O)(=O)c1cccs1)[C@@H]1CSCN1C(=O)C1CCCC1. The molecule has 1 saturated carbocycles. The molecule has 2 aliphatic rings. The number of nitrogens with zero attached hydrogens (tertiary/aromatic N) is 1. The summed E-state index contributed by atoms with van der Waals surface area (Å²) in [5, 5.41) is 1.64. The van der Waals surface area contributed by atoms with E-state index < -0.39 is 22.0 Å². The maximum absolute atomic E-state index is 12.5. The summed E-state index contributed by atoms with van der Waals surface area (Å²) in [5.74, 6) is 0.241. The smallest absolute Gasteiger partial charge is 0.273 e. The number of thioether (sulfide) groups is 1. The summed E-state index contributed by atoms with van der Waals surface area (Å²) < 4.78 is 26.5. The minimum atomic E-state index is -3.85. The minimum Gasteiger partial charge on any atom is -0.320 e. The second kappa shape index (κ2) is 6.82. The van der Waals surface area contributed by atoms with Gasteiger partial charge in [-0.25, -0.2) is 13.1 Å². The molecule has 23 heavy (non-hydrogen) atoms. The zero-order chi connectivity index (χ0) is 16.4. The lowest BCUT2D eigenvalue weighted by Gasteiger charge is -2.25. The molecule has 1 atom stereocenters. The lowest BCUT2D eigenvalue weighted by Crippen LogP contribution is -2.49. The second-order valence-corrected chi connectivity index (χ2v) is 9.56. The Morgan fingerprint density at radius 3 is 2.65 bits per heavy atom. The maximum Gasteiger partial charge on any atom is 0.273 e. The van der Waals surface area contributed by atoms with Crippen molar-refractivity contribution in [3.05, 3.63) is 17.5 Å². The van der Waals surface area contributed by atoms with Crippen LogP contribution in [0.2, 0.25) is 0 Å². The van der Waals surface area contributed by atoms with E-state index in [-0.39, 0.29) is 16.0 Å². The lowest BCUT2D eigenvalue weighted by atomic mass is 10.1. The van der Waals surface area contributed by atoms with Gasteiger partial charge in [-0.15, -0.1) is 23.1 Å². The van der Waals surface area contributed by atoms with E-state index in [1.54, 1.807) is 16.3 Å². The van der Waals surface area contributed by atoms with Crippen LogP contribution in [0.25, 0.3) is 0 Å². The zero-order valence-corrected chi connectivity index (χ0v) is 14.9. The minimum absolute atomic E-state index is 0.0128. The molecule has 1 N–H and O–H groups in total. The van der Waals surface area contributed by atoms with Gasteiger partial charge >= 0.3 is 0 Å². The maximum atomic E-state index is 12.5. The summed E-state index contributed by atoms with van der Waals surface area (Å²) in [5.41, 5.74) is 0. The summed E-state index contributed by atoms with van der Waals surface area (Å²) in [7, 11) is -3.85. The molecule has 0 aromatic carbocycles. The number of hydrogen-bond acceptors (Lipinski definition) is 6. The van der Waals surface area contributed by atoms with Crippen LogP contribution in [-0.4, -0.2) is 42.8 Å². The standard InChI is InChI=1S/C14H18N2O4S3/c17-13(15-23(19,20)12-6-3-7-22-12)11-8-21-9-16(11)14(18)10-4-1-2-5-10/h3,6-7,10-11H,1-2,4-5,8-9H2,(H,15,17)/t11-/m0/s1. The third-order valence-electron chi connectivity index (χ3n) is 4.17. The van der Waals surface area contributed by atoms with E-state index in [0.29, 0.717) is 11.6 Å². The molecule has 1 aliphatic heterocycles. The Balaban J connectivity index is 1.70. The van der Waals surface area contributed by atoms with Crippen LogP contribution in [0.4, 0.5) is 0 Å². The van der Waals surface area contributed by atoms with Crippen molar-refractivity contribution in [3.63, 3.8) is 0 Å². The van der Waals surface area contributed by atoms with Gasteiger partial charge < -0.3 is 4.90 Å². The van der Waals surface area contributed by atoms with Gasteiger partial charge in [-0.1, -0.05) is 18.9 Å². The van der Waals surface area contributed by atoms with Crippen LogP contribution >= 0.6 is 23.1 Å². The molecule has 0 spiro atoms. The van der Waals surface area contributed by atoms with E-state index in [9.17, 15) is 18.0 Å². The Kier molecular flexibility index (Phi) is 4.98. The number of thiophene rings is 1. The Bertz CT molecular complexity index is 681. The Hall–Kier alpha value is -1.06. The van der Waals surface area contributed by atoms with Crippen molar-refractivity contribution >= 4 is 44.9 Å². The highest BCUT2D eigenvalue weighted by atomic mass is 32.2. The van der Waals surface area contributed by atoms with Crippen molar-refractivity contribution in [1.82, 2.24) is 9.62 Å². The highest BCUT2D eigenvalue weighted by Gasteiger charge is 2.39. The van der Waals surface area contributed by atoms with Crippen LogP contribution in [0.1, 0.15) is 25.7 Å². The van der Waals surface area contributed by atoms with E-state index in [4.69, 9.17) is 0 Å². The van der Waals surface area contributed by atoms with Gasteiger partial charge in [0.1, 0.15) is 10.3 Å². The molecule has 3 rings (SSSR count). The van der Waals surface area contributed by atoms with E-state index in [1.165, 1.54) is 17.8 Å². The molecule has 2 amide bonds. The first-order valence-corrected chi connectivity index (χ1v) is 11.0. The summed E-state index contributed by atoms with van der Waals surface area (Å²) in [6.07, 6.45) is 3.81. The first-order chi connectivity index (χ1) is 11.0. The highest BCUT2D eigenvalue weighted by molar-refractivity contribution is 7.99. The fraction of sp³-hybridized carbons (Fsp3) is 0.571. The molecule has 1 saturated heterocycles. The van der Waals surface area contributed by atoms with Crippen LogP contribution in [0.15, 0.2) is 21.7 Å². The number of hydrogen-bond donors (Lipinski definition) is 1. The quantitative estimate of drug-likeness (QED) is 0.866. The molecule has 1 aliphatic carbocycles. The van der Waals surface area contributed by atoms with E-state index in [2.05, 4.69) is 4.72 Å². The van der Waals surface area contributed by atoms with Gasteiger partial charge in [-0.05, 0) is 24.3 Å². The predicted molar refractivity (Wildman–Crippen MR) is 89.6 cm³/mol. The van der Waals surface area contributed by atoms with Crippen LogP contribution in [-0.2, 0) is 19.6 Å². The Labute approximate surface area is 143 Å². The number of carbonyl (C=O) groups excluding carboxylic acids is 2. The average Bonchev–Trinajstić information content (AvgIpc) is 3.26. The van der Waals surface area contributed by atoms with Crippen molar-refractivity contribution in [1.29, 1.82) is 0 Å². The summed E-state index contributed by atoms with van der Waals surface area (Å²) in [6, 6.07) is 2.36. The van der Waals surface area contributed by atoms with Crippen LogP contribution in [0, 0.1) is 5.92 Å². The summed E-state index contributed by atoms with van der Waals surface area (Å²) >= 11 is 2.53. The Morgan fingerprint density at radius 1 is 1.26 bits per heavy atom. The number of amides is 2. The van der Waals surface area contributed by atoms with Gasteiger partial charge in [0.15, 0.2) is 0 Å². The lowest BCUT2D eigenvalue weighted by molar-refractivity contribution is -0.140. The molecule has 0 radical (unpaired) electrons. The van der Waals surface area contributed by atoms with Crippen LogP contribution in [0.5, 0.6) is 0 Å². The molecule has 0 unspecified atom stereocenters. The third-order valence-corrected chi connectivity index (χ3v) is 7.92. The molecule has 0 bridgehead atoms. The monoisotopic (exact) mass is 374 g/mol. The number of sulfonamides is 1. The van der Waals surface area contributed by atoms with Crippen molar-refractivity contribution in [2.24, 2.45) is 5.92 Å². The van der Waals surface area contributed by atoms with Crippen molar-refractivity contribution in [2.75, 3.05) is 11.6 Å². The molecule has 2 fully saturated rings. The number of rotatable bonds is 4.